The second-order valence-corrected chi connectivity index (χ2v) is 6.52. The third-order valence-electron chi connectivity index (χ3n) is 4.45. The normalized spacial score (nSPS) is 21.0. The Morgan fingerprint density at radius 2 is 1.85 bits per heavy atom. The summed E-state index contributed by atoms with van der Waals surface area (Å²) >= 11 is 0. The summed E-state index contributed by atoms with van der Waals surface area (Å²) in [5.41, 5.74) is 8.20. The van der Waals surface area contributed by atoms with E-state index < -0.39 is 5.91 Å². The molecule has 0 aliphatic carbocycles. The molecular formula is C18H25N5O3. The van der Waals surface area contributed by atoms with Crippen LogP contribution in [0.5, 0.6) is 0 Å². The molecule has 2 amide bonds. The van der Waals surface area contributed by atoms with Crippen molar-refractivity contribution >= 4 is 17.5 Å². The maximum atomic E-state index is 12.4. The van der Waals surface area contributed by atoms with Crippen molar-refractivity contribution in [3.05, 3.63) is 47.7 Å². The Balaban J connectivity index is 2.01. The zero-order valence-corrected chi connectivity index (χ0v) is 15.0. The van der Waals surface area contributed by atoms with E-state index in [9.17, 15) is 9.59 Å². The van der Waals surface area contributed by atoms with E-state index in [4.69, 9.17) is 16.4 Å². The predicted octanol–water partition coefficient (Wildman–Crippen LogP) is 0.719. The summed E-state index contributed by atoms with van der Waals surface area (Å²) in [5.74, 6) is -0.856. The number of carbonyl (C=O) groups is 2. The Labute approximate surface area is 152 Å². The molecule has 140 valence electrons. The molecule has 1 aromatic rings. The molecule has 5 N–H and O–H groups in total. The summed E-state index contributed by atoms with van der Waals surface area (Å²) in [6.45, 7) is 6.00. The van der Waals surface area contributed by atoms with E-state index in [2.05, 4.69) is 4.90 Å². The standard InChI is InChI=1S/C18H25N5O3/c1-12-9-22(10-13(2)23(12)18(25)16(20)7-8-19)11-14-3-5-15(6-4-14)17(24)21-26/h3-8,12-13,20,26H,9-11,19H2,1-2H3,(H,21,24)/b8-7-,20-16?. The first-order chi connectivity index (χ1) is 12.4. The van der Waals surface area contributed by atoms with Gasteiger partial charge in [0.2, 0.25) is 0 Å². The minimum atomic E-state index is -0.542. The Morgan fingerprint density at radius 1 is 1.27 bits per heavy atom. The van der Waals surface area contributed by atoms with Crippen molar-refractivity contribution in [2.45, 2.75) is 32.5 Å². The van der Waals surface area contributed by atoms with Gasteiger partial charge < -0.3 is 10.6 Å². The lowest BCUT2D eigenvalue weighted by Crippen LogP contribution is -2.59. The van der Waals surface area contributed by atoms with Gasteiger partial charge in [0.15, 0.2) is 0 Å². The Hall–Kier alpha value is -2.71. The van der Waals surface area contributed by atoms with Gasteiger partial charge in [0, 0.05) is 37.3 Å². The highest BCUT2D eigenvalue weighted by Gasteiger charge is 2.33. The molecule has 1 aliphatic rings. The monoisotopic (exact) mass is 359 g/mol. The second-order valence-electron chi connectivity index (χ2n) is 6.52. The van der Waals surface area contributed by atoms with Gasteiger partial charge in [-0.3, -0.25) is 25.1 Å². The van der Waals surface area contributed by atoms with Gasteiger partial charge in [-0.25, -0.2) is 5.48 Å². The van der Waals surface area contributed by atoms with Crippen LogP contribution in [0, 0.1) is 5.41 Å². The molecule has 0 spiro atoms. The van der Waals surface area contributed by atoms with Gasteiger partial charge in [0.05, 0.1) is 0 Å². The van der Waals surface area contributed by atoms with Crippen LogP contribution in [0.4, 0.5) is 0 Å². The van der Waals surface area contributed by atoms with Gasteiger partial charge in [-0.15, -0.1) is 0 Å². The molecule has 2 unspecified atom stereocenters. The van der Waals surface area contributed by atoms with Crippen molar-refractivity contribution in [1.82, 2.24) is 15.3 Å². The maximum absolute atomic E-state index is 12.4. The van der Waals surface area contributed by atoms with Crippen LogP contribution in [0.25, 0.3) is 0 Å². The highest BCUT2D eigenvalue weighted by molar-refractivity contribution is 6.42. The van der Waals surface area contributed by atoms with Crippen molar-refractivity contribution in [2.24, 2.45) is 5.73 Å². The van der Waals surface area contributed by atoms with Crippen LogP contribution in [0.3, 0.4) is 0 Å². The quantitative estimate of drug-likeness (QED) is 0.350. The fourth-order valence-corrected chi connectivity index (χ4v) is 3.35. The number of benzene rings is 1. The van der Waals surface area contributed by atoms with Crippen molar-refractivity contribution in [3.63, 3.8) is 0 Å². The molecule has 1 fully saturated rings. The summed E-state index contributed by atoms with van der Waals surface area (Å²) in [5, 5.41) is 16.4. The first-order valence-electron chi connectivity index (χ1n) is 8.42. The second kappa shape index (κ2) is 8.59. The van der Waals surface area contributed by atoms with E-state index in [0.29, 0.717) is 25.2 Å². The largest absolute Gasteiger partial charge is 0.405 e. The molecule has 2 atom stereocenters. The lowest BCUT2D eigenvalue weighted by Gasteiger charge is -2.44. The number of nitrogens with two attached hydrogens (primary N) is 1. The molecule has 0 bridgehead atoms. The van der Waals surface area contributed by atoms with E-state index in [1.807, 2.05) is 26.0 Å². The summed E-state index contributed by atoms with van der Waals surface area (Å²) in [6, 6.07) is 6.95. The lowest BCUT2D eigenvalue weighted by molar-refractivity contribution is -0.131. The van der Waals surface area contributed by atoms with Crippen LogP contribution in [-0.2, 0) is 11.3 Å². The van der Waals surface area contributed by atoms with Crippen LogP contribution in [-0.4, -0.2) is 57.7 Å². The Bertz CT molecular complexity index is 689. The van der Waals surface area contributed by atoms with Crippen molar-refractivity contribution < 1.29 is 14.8 Å². The van der Waals surface area contributed by atoms with Crippen LogP contribution in [0.15, 0.2) is 36.5 Å². The van der Waals surface area contributed by atoms with E-state index in [-0.39, 0.29) is 23.7 Å². The van der Waals surface area contributed by atoms with E-state index in [1.165, 1.54) is 12.3 Å². The van der Waals surface area contributed by atoms with E-state index in [0.717, 1.165) is 5.56 Å². The van der Waals surface area contributed by atoms with Gasteiger partial charge in [-0.1, -0.05) is 12.1 Å². The number of hydrogen-bond acceptors (Lipinski definition) is 6. The molecule has 0 saturated carbocycles. The van der Waals surface area contributed by atoms with Crippen molar-refractivity contribution in [2.75, 3.05) is 13.1 Å². The summed E-state index contributed by atoms with van der Waals surface area (Å²) in [6.07, 6.45) is 2.50. The summed E-state index contributed by atoms with van der Waals surface area (Å²) in [4.78, 5) is 27.8. The number of piperazine rings is 1. The molecule has 2 rings (SSSR count). The molecule has 26 heavy (non-hydrogen) atoms. The smallest absolute Gasteiger partial charge is 0.274 e. The topological polar surface area (TPSA) is 123 Å². The summed E-state index contributed by atoms with van der Waals surface area (Å²) < 4.78 is 0. The molecule has 1 heterocycles. The fourth-order valence-electron chi connectivity index (χ4n) is 3.35. The number of hydrogen-bond donors (Lipinski definition) is 4. The van der Waals surface area contributed by atoms with Crippen LogP contribution >= 0.6 is 0 Å². The van der Waals surface area contributed by atoms with Gasteiger partial charge in [-0.05, 0) is 43.8 Å². The molecule has 8 nitrogen and oxygen atoms in total. The number of nitrogens with one attached hydrogen (secondary N) is 2. The molecule has 1 aromatic carbocycles. The maximum Gasteiger partial charge on any atom is 0.274 e. The minimum Gasteiger partial charge on any atom is -0.405 e. The highest BCUT2D eigenvalue weighted by Crippen LogP contribution is 2.19. The van der Waals surface area contributed by atoms with E-state index in [1.54, 1.807) is 22.5 Å². The first kappa shape index (κ1) is 19.6. The number of rotatable bonds is 5. The Morgan fingerprint density at radius 3 is 2.35 bits per heavy atom. The van der Waals surface area contributed by atoms with Crippen molar-refractivity contribution in [3.8, 4) is 0 Å². The molecular weight excluding hydrogens is 334 g/mol. The fraction of sp³-hybridized carbons (Fsp3) is 0.389. The van der Waals surface area contributed by atoms with Crippen LogP contribution < -0.4 is 11.2 Å². The molecule has 1 saturated heterocycles. The number of hydroxylamine groups is 1. The third kappa shape index (κ3) is 4.47. The van der Waals surface area contributed by atoms with E-state index >= 15 is 0 Å². The SMILES string of the molecule is CC1CN(Cc2ccc(C(=O)NO)cc2)CC(C)N1C(=O)C(=N)/C=C\N. The van der Waals surface area contributed by atoms with Gasteiger partial charge in [0.1, 0.15) is 5.71 Å². The lowest BCUT2D eigenvalue weighted by atomic mass is 10.0. The van der Waals surface area contributed by atoms with Crippen molar-refractivity contribution in [1.29, 1.82) is 5.41 Å². The number of carbonyl (C=O) groups excluding carboxylic acids is 2. The Kier molecular flexibility index (Phi) is 6.48. The minimum absolute atomic E-state index is 0.0304. The number of amides is 2. The average molecular weight is 359 g/mol. The molecule has 0 aromatic heterocycles. The van der Waals surface area contributed by atoms with Gasteiger partial charge in [0.25, 0.3) is 11.8 Å². The highest BCUT2D eigenvalue weighted by atomic mass is 16.5. The number of nitrogens with zero attached hydrogens (tertiary/aromatic N) is 2. The molecule has 8 heteroatoms. The zero-order valence-electron chi connectivity index (χ0n) is 15.0. The zero-order chi connectivity index (χ0) is 19.3. The summed E-state index contributed by atoms with van der Waals surface area (Å²) in [7, 11) is 0. The average Bonchev–Trinajstić information content (AvgIpc) is 2.61. The molecule has 1 aliphatic heterocycles. The first-order valence-corrected chi connectivity index (χ1v) is 8.42. The van der Waals surface area contributed by atoms with Gasteiger partial charge >= 0.3 is 0 Å². The van der Waals surface area contributed by atoms with Crippen LogP contribution in [0.2, 0.25) is 0 Å². The third-order valence-corrected chi connectivity index (χ3v) is 4.45. The molecule has 0 radical (unpaired) electrons. The van der Waals surface area contributed by atoms with Gasteiger partial charge in [-0.2, -0.15) is 0 Å². The predicted molar refractivity (Wildman–Crippen MR) is 97.8 cm³/mol. The van der Waals surface area contributed by atoms with Crippen LogP contribution in [0.1, 0.15) is 29.8 Å².